The van der Waals surface area contributed by atoms with Gasteiger partial charge in [0.25, 0.3) is 0 Å². The van der Waals surface area contributed by atoms with E-state index in [0.717, 1.165) is 32.1 Å². The lowest BCUT2D eigenvalue weighted by atomic mass is 9.86. The Bertz CT molecular complexity index is 1330. The van der Waals surface area contributed by atoms with Gasteiger partial charge in [-0.1, -0.05) is 63.8 Å². The summed E-state index contributed by atoms with van der Waals surface area (Å²) < 4.78 is 0. The summed E-state index contributed by atoms with van der Waals surface area (Å²) in [5.74, 6) is -1.73. The fourth-order valence-electron chi connectivity index (χ4n) is 4.77. The third-order valence-corrected chi connectivity index (χ3v) is 6.95. The number of aryl methyl sites for hydroxylation is 2. The van der Waals surface area contributed by atoms with Crippen LogP contribution in [0.15, 0.2) is 59.6 Å². The number of hydrogen-bond donors (Lipinski definition) is 3. The fourth-order valence-corrected chi connectivity index (χ4v) is 4.77. The highest BCUT2D eigenvalue weighted by atomic mass is 16.3. The van der Waals surface area contributed by atoms with E-state index in [4.69, 9.17) is 0 Å². The second-order valence-corrected chi connectivity index (χ2v) is 9.93. The first-order chi connectivity index (χ1) is 18.4. The zero-order valence-corrected chi connectivity index (χ0v) is 22.2. The molecule has 198 valence electrons. The first-order valence-corrected chi connectivity index (χ1v) is 13.6. The Balaban J connectivity index is 1.54. The summed E-state index contributed by atoms with van der Waals surface area (Å²) in [6.45, 7) is 4.34. The number of carbonyl (C=O) groups is 2. The van der Waals surface area contributed by atoms with Crippen LogP contribution in [0.3, 0.4) is 0 Å². The number of phenolic OH excluding ortho intramolecular Hbond substituents is 2. The Hall–Kier alpha value is -3.93. The summed E-state index contributed by atoms with van der Waals surface area (Å²) in [7, 11) is 0. The number of Topliss-reactive ketones (excluding diaryl/α,β-unsaturated/α-hetero) is 2. The van der Waals surface area contributed by atoms with Crippen molar-refractivity contribution in [3.8, 4) is 11.5 Å². The van der Waals surface area contributed by atoms with E-state index in [9.17, 15) is 19.8 Å². The standard InChI is InChI=1S/C32H36N2O4/c1-3-5-7-9-21-11-15-23(16-12-21)33-25-19-27(35)30-29(31(25)37)28(36)20-26(32(30)38)34-24-17-13-22(14-18-24)10-8-6-4-2/h11-19,33,35,37H,3-10,20H2,1-2H3. The van der Waals surface area contributed by atoms with E-state index in [1.807, 2.05) is 48.5 Å². The van der Waals surface area contributed by atoms with Crippen molar-refractivity contribution in [2.24, 2.45) is 4.99 Å². The van der Waals surface area contributed by atoms with Gasteiger partial charge in [0.05, 0.1) is 34.6 Å². The number of fused-ring (bicyclic) bond motifs is 1. The molecule has 0 amide bonds. The number of anilines is 2. The molecule has 0 radical (unpaired) electrons. The molecule has 3 N–H and O–H groups in total. The quantitative estimate of drug-likeness (QED) is 0.138. The van der Waals surface area contributed by atoms with Crippen molar-refractivity contribution in [3.63, 3.8) is 0 Å². The maximum Gasteiger partial charge on any atom is 0.212 e. The molecular formula is C32H36N2O4. The minimum Gasteiger partial charge on any atom is -0.507 e. The number of benzene rings is 3. The van der Waals surface area contributed by atoms with Gasteiger partial charge >= 0.3 is 0 Å². The molecule has 0 fully saturated rings. The molecule has 3 aromatic carbocycles. The maximum absolute atomic E-state index is 13.2. The molecule has 0 saturated heterocycles. The highest BCUT2D eigenvalue weighted by Gasteiger charge is 2.35. The molecule has 6 nitrogen and oxygen atoms in total. The largest absolute Gasteiger partial charge is 0.507 e. The van der Waals surface area contributed by atoms with Crippen LogP contribution in [-0.4, -0.2) is 27.5 Å². The van der Waals surface area contributed by atoms with Gasteiger partial charge < -0.3 is 15.5 Å². The Morgan fingerprint density at radius 1 is 0.789 bits per heavy atom. The van der Waals surface area contributed by atoms with E-state index in [0.29, 0.717) is 11.4 Å². The number of unbranched alkanes of at least 4 members (excludes halogenated alkanes) is 4. The molecule has 0 aromatic heterocycles. The van der Waals surface area contributed by atoms with Gasteiger partial charge in [-0.15, -0.1) is 0 Å². The van der Waals surface area contributed by atoms with Gasteiger partial charge in [0.15, 0.2) is 11.5 Å². The van der Waals surface area contributed by atoms with Crippen molar-refractivity contribution in [2.45, 2.75) is 71.6 Å². The lowest BCUT2D eigenvalue weighted by Gasteiger charge is -2.20. The highest BCUT2D eigenvalue weighted by molar-refractivity contribution is 6.54. The molecule has 38 heavy (non-hydrogen) atoms. The normalized spacial score (nSPS) is 14.1. The number of nitrogens with one attached hydrogen (secondary N) is 1. The van der Waals surface area contributed by atoms with E-state index in [1.165, 1.54) is 36.5 Å². The Kier molecular flexibility index (Phi) is 8.95. The fraction of sp³-hybridized carbons (Fsp3) is 0.344. The van der Waals surface area contributed by atoms with Crippen LogP contribution in [0.25, 0.3) is 0 Å². The maximum atomic E-state index is 13.2. The summed E-state index contributed by atoms with van der Waals surface area (Å²) in [6.07, 6.45) is 8.70. The summed E-state index contributed by atoms with van der Waals surface area (Å²) in [5, 5.41) is 24.7. The number of aliphatic imine (C=N–C) groups is 1. The van der Waals surface area contributed by atoms with Gasteiger partial charge in [-0.05, 0) is 61.1 Å². The lowest BCUT2D eigenvalue weighted by molar-refractivity contribution is 0.0960. The third-order valence-electron chi connectivity index (χ3n) is 6.95. The van der Waals surface area contributed by atoms with Crippen molar-refractivity contribution in [1.82, 2.24) is 0 Å². The minimum atomic E-state index is -0.553. The average molecular weight is 513 g/mol. The van der Waals surface area contributed by atoms with Crippen LogP contribution in [0.2, 0.25) is 0 Å². The van der Waals surface area contributed by atoms with Gasteiger partial charge in [-0.2, -0.15) is 0 Å². The molecule has 0 unspecified atom stereocenters. The first kappa shape index (κ1) is 27.1. The van der Waals surface area contributed by atoms with Crippen molar-refractivity contribution >= 4 is 34.3 Å². The first-order valence-electron chi connectivity index (χ1n) is 13.6. The molecule has 0 atom stereocenters. The molecule has 1 aliphatic carbocycles. The number of rotatable bonds is 11. The number of nitrogens with zero attached hydrogens (tertiary/aromatic N) is 1. The second-order valence-electron chi connectivity index (χ2n) is 9.93. The van der Waals surface area contributed by atoms with Crippen LogP contribution in [0.4, 0.5) is 17.1 Å². The molecule has 0 saturated carbocycles. The van der Waals surface area contributed by atoms with Crippen LogP contribution in [0, 0.1) is 0 Å². The Morgan fingerprint density at radius 2 is 1.37 bits per heavy atom. The van der Waals surface area contributed by atoms with Crippen LogP contribution in [-0.2, 0) is 12.8 Å². The molecule has 0 aliphatic heterocycles. The van der Waals surface area contributed by atoms with Crippen molar-refractivity contribution < 1.29 is 19.8 Å². The van der Waals surface area contributed by atoms with E-state index in [-0.39, 0.29) is 40.4 Å². The summed E-state index contributed by atoms with van der Waals surface area (Å²) in [4.78, 5) is 30.7. The smallest absolute Gasteiger partial charge is 0.212 e. The SMILES string of the molecule is CCCCCc1ccc(N=C2CC(=O)c3c(O)c(Nc4ccc(CCCCC)cc4)cc(O)c3C2=O)cc1. The molecular weight excluding hydrogens is 476 g/mol. The van der Waals surface area contributed by atoms with E-state index in [1.54, 1.807) is 0 Å². The molecule has 3 aromatic rings. The van der Waals surface area contributed by atoms with Gasteiger partial charge in [-0.25, -0.2) is 4.99 Å². The summed E-state index contributed by atoms with van der Waals surface area (Å²) in [5.41, 5.74) is 3.55. The highest BCUT2D eigenvalue weighted by Crippen LogP contribution is 2.41. The van der Waals surface area contributed by atoms with Crippen LogP contribution in [0.1, 0.15) is 90.6 Å². The van der Waals surface area contributed by atoms with Gasteiger partial charge in [0, 0.05) is 11.8 Å². The topological polar surface area (TPSA) is 99.0 Å². The van der Waals surface area contributed by atoms with Crippen LogP contribution >= 0.6 is 0 Å². The van der Waals surface area contributed by atoms with Gasteiger partial charge in [-0.3, -0.25) is 9.59 Å². The molecule has 4 rings (SSSR count). The zero-order chi connectivity index (χ0) is 27.1. The van der Waals surface area contributed by atoms with Gasteiger partial charge in [0.1, 0.15) is 5.75 Å². The molecule has 6 heteroatoms. The monoisotopic (exact) mass is 512 g/mol. The number of carbonyl (C=O) groups excluding carboxylic acids is 2. The predicted molar refractivity (Wildman–Crippen MR) is 153 cm³/mol. The second kappa shape index (κ2) is 12.5. The zero-order valence-electron chi connectivity index (χ0n) is 22.2. The number of hydrogen-bond acceptors (Lipinski definition) is 6. The predicted octanol–water partition coefficient (Wildman–Crippen LogP) is 7.85. The summed E-state index contributed by atoms with van der Waals surface area (Å²) in [6, 6.07) is 16.7. The Morgan fingerprint density at radius 3 is 1.95 bits per heavy atom. The Labute approximate surface area is 224 Å². The van der Waals surface area contributed by atoms with E-state index in [2.05, 4.69) is 24.2 Å². The van der Waals surface area contributed by atoms with Gasteiger partial charge in [0.2, 0.25) is 5.78 Å². The molecule has 0 bridgehead atoms. The molecule has 0 heterocycles. The van der Waals surface area contributed by atoms with E-state index >= 15 is 0 Å². The number of phenols is 2. The average Bonchev–Trinajstić information content (AvgIpc) is 2.91. The number of aromatic hydroxyl groups is 2. The van der Waals surface area contributed by atoms with Crippen molar-refractivity contribution in [3.05, 3.63) is 76.9 Å². The van der Waals surface area contributed by atoms with Crippen LogP contribution < -0.4 is 5.32 Å². The third kappa shape index (κ3) is 6.31. The van der Waals surface area contributed by atoms with Crippen molar-refractivity contribution in [2.75, 3.05) is 5.32 Å². The van der Waals surface area contributed by atoms with Crippen molar-refractivity contribution in [1.29, 1.82) is 0 Å². The minimum absolute atomic E-state index is 0.0512. The summed E-state index contributed by atoms with van der Waals surface area (Å²) >= 11 is 0. The lowest BCUT2D eigenvalue weighted by Crippen LogP contribution is -2.27. The molecule has 1 aliphatic rings. The van der Waals surface area contributed by atoms with E-state index < -0.39 is 11.6 Å². The molecule has 0 spiro atoms. The van der Waals surface area contributed by atoms with Crippen LogP contribution in [0.5, 0.6) is 11.5 Å². The number of ketones is 2.